The van der Waals surface area contributed by atoms with Gasteiger partial charge in [-0.15, -0.1) is 0 Å². The Balaban J connectivity index is 1.81. The number of fused-ring (bicyclic) bond motifs is 1. The van der Waals surface area contributed by atoms with Gasteiger partial charge in [0.25, 0.3) is 0 Å². The van der Waals surface area contributed by atoms with E-state index < -0.39 is 0 Å². The summed E-state index contributed by atoms with van der Waals surface area (Å²) >= 11 is 0. The predicted molar refractivity (Wildman–Crippen MR) is 74.6 cm³/mol. The van der Waals surface area contributed by atoms with Crippen molar-refractivity contribution in [2.45, 2.75) is 51.5 Å². The largest absolute Gasteiger partial charge is 0.469 e. The minimum atomic E-state index is 0.139. The standard InChI is InChI=1S/C15H24N2O2/c1-11(7-9-16)5-6-15(18)17-13-3-2-4-14-12(13)8-10-19-14/h8,10-11,13H,2-7,9,16H2,1H3,(H,17,18). The third-order valence-corrected chi connectivity index (χ3v) is 3.91. The molecule has 19 heavy (non-hydrogen) atoms. The number of carbonyl (C=O) groups is 1. The van der Waals surface area contributed by atoms with Crippen molar-refractivity contribution in [3.8, 4) is 0 Å². The van der Waals surface area contributed by atoms with Crippen LogP contribution >= 0.6 is 0 Å². The lowest BCUT2D eigenvalue weighted by Gasteiger charge is -2.23. The molecule has 4 nitrogen and oxygen atoms in total. The second kappa shape index (κ2) is 6.75. The summed E-state index contributed by atoms with van der Waals surface area (Å²) in [6.45, 7) is 2.85. The Morgan fingerprint density at radius 1 is 1.58 bits per heavy atom. The van der Waals surface area contributed by atoms with Crippen LogP contribution < -0.4 is 11.1 Å². The molecule has 3 N–H and O–H groups in total. The lowest BCUT2D eigenvalue weighted by atomic mass is 9.93. The van der Waals surface area contributed by atoms with Gasteiger partial charge in [-0.1, -0.05) is 6.92 Å². The van der Waals surface area contributed by atoms with E-state index in [1.165, 1.54) is 0 Å². The Labute approximate surface area is 114 Å². The smallest absolute Gasteiger partial charge is 0.220 e. The first kappa shape index (κ1) is 14.1. The molecule has 0 aliphatic heterocycles. The summed E-state index contributed by atoms with van der Waals surface area (Å²) in [6.07, 6.45) is 7.29. The van der Waals surface area contributed by atoms with Crippen LogP contribution in [0.25, 0.3) is 0 Å². The second-order valence-corrected chi connectivity index (χ2v) is 5.53. The van der Waals surface area contributed by atoms with Crippen LogP contribution in [-0.2, 0) is 11.2 Å². The zero-order valence-corrected chi connectivity index (χ0v) is 11.7. The van der Waals surface area contributed by atoms with Crippen LogP contribution in [0.2, 0.25) is 0 Å². The highest BCUT2D eigenvalue weighted by Gasteiger charge is 2.23. The summed E-state index contributed by atoms with van der Waals surface area (Å²) < 4.78 is 5.43. The number of furan rings is 1. The van der Waals surface area contributed by atoms with Crippen LogP contribution in [0.5, 0.6) is 0 Å². The van der Waals surface area contributed by atoms with Crippen molar-refractivity contribution in [1.82, 2.24) is 5.32 Å². The molecular formula is C15H24N2O2. The fraction of sp³-hybridized carbons (Fsp3) is 0.667. The molecule has 0 aromatic carbocycles. The molecule has 1 heterocycles. The predicted octanol–water partition coefficient (Wildman–Crippen LogP) is 2.54. The van der Waals surface area contributed by atoms with Gasteiger partial charge in [0, 0.05) is 18.4 Å². The van der Waals surface area contributed by atoms with E-state index in [0.29, 0.717) is 18.9 Å². The molecule has 1 aliphatic carbocycles. The molecule has 1 aliphatic rings. The Morgan fingerprint density at radius 2 is 2.42 bits per heavy atom. The van der Waals surface area contributed by atoms with Crippen LogP contribution in [0.15, 0.2) is 16.7 Å². The molecule has 2 atom stereocenters. The maximum atomic E-state index is 12.0. The van der Waals surface area contributed by atoms with Crippen molar-refractivity contribution in [3.63, 3.8) is 0 Å². The van der Waals surface area contributed by atoms with Gasteiger partial charge in [0.15, 0.2) is 0 Å². The monoisotopic (exact) mass is 264 g/mol. The first-order valence-electron chi connectivity index (χ1n) is 7.26. The Bertz CT molecular complexity index is 414. The molecule has 0 spiro atoms. The van der Waals surface area contributed by atoms with Crippen LogP contribution in [0, 0.1) is 5.92 Å². The highest BCUT2D eigenvalue weighted by Crippen LogP contribution is 2.30. The van der Waals surface area contributed by atoms with Gasteiger partial charge in [-0.2, -0.15) is 0 Å². The fourth-order valence-electron chi connectivity index (χ4n) is 2.71. The number of nitrogens with one attached hydrogen (secondary N) is 1. The van der Waals surface area contributed by atoms with Crippen LogP contribution in [0.1, 0.15) is 56.4 Å². The van der Waals surface area contributed by atoms with E-state index in [0.717, 1.165) is 43.4 Å². The average Bonchev–Trinajstić information content (AvgIpc) is 2.86. The number of hydrogen-bond donors (Lipinski definition) is 2. The topological polar surface area (TPSA) is 68.3 Å². The zero-order chi connectivity index (χ0) is 13.7. The Morgan fingerprint density at radius 3 is 3.21 bits per heavy atom. The molecule has 1 aromatic heterocycles. The molecule has 1 amide bonds. The van der Waals surface area contributed by atoms with Crippen molar-refractivity contribution < 1.29 is 9.21 Å². The second-order valence-electron chi connectivity index (χ2n) is 5.53. The van der Waals surface area contributed by atoms with Crippen molar-refractivity contribution in [2.24, 2.45) is 11.7 Å². The van der Waals surface area contributed by atoms with E-state index in [-0.39, 0.29) is 11.9 Å². The van der Waals surface area contributed by atoms with Crippen LogP contribution in [0.4, 0.5) is 0 Å². The lowest BCUT2D eigenvalue weighted by molar-refractivity contribution is -0.122. The molecule has 0 saturated carbocycles. The van der Waals surface area contributed by atoms with Gasteiger partial charge in [0.05, 0.1) is 12.3 Å². The normalized spacial score (nSPS) is 19.8. The highest BCUT2D eigenvalue weighted by atomic mass is 16.3. The Hall–Kier alpha value is -1.29. The molecule has 1 aromatic rings. The molecular weight excluding hydrogens is 240 g/mol. The summed E-state index contributed by atoms with van der Waals surface area (Å²) in [7, 11) is 0. The van der Waals surface area contributed by atoms with Gasteiger partial charge in [-0.05, 0) is 44.2 Å². The van der Waals surface area contributed by atoms with Gasteiger partial charge in [-0.25, -0.2) is 0 Å². The first-order valence-corrected chi connectivity index (χ1v) is 7.26. The van der Waals surface area contributed by atoms with Crippen LogP contribution in [-0.4, -0.2) is 12.5 Å². The zero-order valence-electron chi connectivity index (χ0n) is 11.7. The Kier molecular flexibility index (Phi) is 5.02. The number of amides is 1. The number of nitrogens with two attached hydrogens (primary N) is 1. The van der Waals surface area contributed by atoms with Gasteiger partial charge in [-0.3, -0.25) is 4.79 Å². The number of aryl methyl sites for hydroxylation is 1. The molecule has 0 saturated heterocycles. The SMILES string of the molecule is CC(CCN)CCC(=O)NC1CCCc2occc21. The van der Waals surface area contributed by atoms with Crippen molar-refractivity contribution >= 4 is 5.91 Å². The quantitative estimate of drug-likeness (QED) is 0.829. The lowest BCUT2D eigenvalue weighted by Crippen LogP contribution is -2.30. The molecule has 2 unspecified atom stereocenters. The van der Waals surface area contributed by atoms with Gasteiger partial charge < -0.3 is 15.5 Å². The number of rotatable bonds is 6. The minimum Gasteiger partial charge on any atom is -0.469 e. The van der Waals surface area contributed by atoms with Crippen molar-refractivity contribution in [3.05, 3.63) is 23.7 Å². The number of hydrogen-bond acceptors (Lipinski definition) is 3. The third-order valence-electron chi connectivity index (χ3n) is 3.91. The van der Waals surface area contributed by atoms with Crippen molar-refractivity contribution in [2.75, 3.05) is 6.54 Å². The molecule has 0 bridgehead atoms. The molecule has 4 heteroatoms. The summed E-state index contributed by atoms with van der Waals surface area (Å²) in [6, 6.07) is 2.12. The average molecular weight is 264 g/mol. The summed E-state index contributed by atoms with van der Waals surface area (Å²) in [5, 5.41) is 3.13. The summed E-state index contributed by atoms with van der Waals surface area (Å²) in [5.74, 6) is 1.70. The maximum absolute atomic E-state index is 12.0. The van der Waals surface area contributed by atoms with E-state index in [9.17, 15) is 4.79 Å². The molecule has 106 valence electrons. The van der Waals surface area contributed by atoms with E-state index in [1.54, 1.807) is 6.26 Å². The third kappa shape index (κ3) is 3.83. The molecule has 0 fully saturated rings. The number of carbonyl (C=O) groups excluding carboxylic acids is 1. The molecule has 0 radical (unpaired) electrons. The maximum Gasteiger partial charge on any atom is 0.220 e. The minimum absolute atomic E-state index is 0.139. The van der Waals surface area contributed by atoms with E-state index in [1.807, 2.05) is 6.07 Å². The van der Waals surface area contributed by atoms with Gasteiger partial charge in [0.2, 0.25) is 5.91 Å². The summed E-state index contributed by atoms with van der Waals surface area (Å²) in [5.41, 5.74) is 6.68. The van der Waals surface area contributed by atoms with E-state index in [2.05, 4.69) is 12.2 Å². The highest BCUT2D eigenvalue weighted by molar-refractivity contribution is 5.76. The van der Waals surface area contributed by atoms with Crippen molar-refractivity contribution in [1.29, 1.82) is 0 Å². The summed E-state index contributed by atoms with van der Waals surface area (Å²) in [4.78, 5) is 12.0. The fourth-order valence-corrected chi connectivity index (χ4v) is 2.71. The van der Waals surface area contributed by atoms with Gasteiger partial charge in [0.1, 0.15) is 5.76 Å². The molecule has 2 rings (SSSR count). The van der Waals surface area contributed by atoms with Gasteiger partial charge >= 0.3 is 0 Å². The van der Waals surface area contributed by atoms with E-state index >= 15 is 0 Å². The van der Waals surface area contributed by atoms with E-state index in [4.69, 9.17) is 10.2 Å². The van der Waals surface area contributed by atoms with Crippen LogP contribution in [0.3, 0.4) is 0 Å². The first-order chi connectivity index (χ1) is 9.20.